The summed E-state index contributed by atoms with van der Waals surface area (Å²) in [6.45, 7) is 0.759. The predicted octanol–water partition coefficient (Wildman–Crippen LogP) is 2.95. The Balaban J connectivity index is 1.54. The van der Waals surface area contributed by atoms with Crippen LogP contribution in [0.1, 0.15) is 20.7 Å². The van der Waals surface area contributed by atoms with Gasteiger partial charge in [0.1, 0.15) is 11.6 Å². The highest BCUT2D eigenvalue weighted by Gasteiger charge is 2.19. The minimum atomic E-state index is -0.432. The molecule has 0 atom stereocenters. The van der Waals surface area contributed by atoms with Crippen molar-refractivity contribution in [3.05, 3.63) is 77.9 Å². The van der Waals surface area contributed by atoms with Gasteiger partial charge in [-0.05, 0) is 24.3 Å². The third-order valence-corrected chi connectivity index (χ3v) is 4.08. The highest BCUT2D eigenvalue weighted by Crippen LogP contribution is 2.15. The number of halogens is 1. The summed E-state index contributed by atoms with van der Waals surface area (Å²) in [6.07, 6.45) is 3.53. The number of Topliss-reactive ketones (excluding diaryl/α,β-unsaturated/α-hetero) is 2. The standard InChI is InChI=1S/C20H19FN2O3/c1-26-18-7-3-5-16(11-18)20(25)13-23-9-8-22(14-23)12-19(24)15-4-2-6-17(21)10-15/h2-11H,12-14H2,1H3. The van der Waals surface area contributed by atoms with Crippen LogP contribution in [0.15, 0.2) is 60.9 Å². The van der Waals surface area contributed by atoms with Crippen LogP contribution in [0.2, 0.25) is 0 Å². The molecule has 2 aromatic carbocycles. The molecule has 26 heavy (non-hydrogen) atoms. The van der Waals surface area contributed by atoms with E-state index in [1.165, 1.54) is 18.2 Å². The lowest BCUT2D eigenvalue weighted by molar-refractivity contribution is 0.0920. The van der Waals surface area contributed by atoms with Gasteiger partial charge in [0.05, 0.1) is 26.9 Å². The number of methoxy groups -OCH3 is 1. The zero-order chi connectivity index (χ0) is 18.5. The Labute approximate surface area is 151 Å². The molecule has 134 valence electrons. The van der Waals surface area contributed by atoms with Crippen molar-refractivity contribution < 1.29 is 18.7 Å². The molecule has 0 unspecified atom stereocenters. The van der Waals surface area contributed by atoms with Gasteiger partial charge in [0.2, 0.25) is 0 Å². The van der Waals surface area contributed by atoms with Gasteiger partial charge in [0.25, 0.3) is 0 Å². The summed E-state index contributed by atoms with van der Waals surface area (Å²) in [5.74, 6) is -0.00423. The Morgan fingerprint density at radius 1 is 0.962 bits per heavy atom. The summed E-state index contributed by atoms with van der Waals surface area (Å²) in [5.41, 5.74) is 0.913. The molecule has 0 aliphatic carbocycles. The van der Waals surface area contributed by atoms with Crippen LogP contribution in [0.3, 0.4) is 0 Å². The highest BCUT2D eigenvalue weighted by molar-refractivity contribution is 5.98. The van der Waals surface area contributed by atoms with E-state index in [0.717, 1.165) is 0 Å². The second-order valence-electron chi connectivity index (χ2n) is 6.02. The molecule has 0 amide bonds. The number of rotatable bonds is 7. The maximum Gasteiger partial charge on any atom is 0.182 e. The molecule has 5 nitrogen and oxygen atoms in total. The summed E-state index contributed by atoms with van der Waals surface area (Å²) in [5, 5.41) is 0. The molecular formula is C20H19FN2O3. The Morgan fingerprint density at radius 3 is 2.12 bits per heavy atom. The van der Waals surface area contributed by atoms with E-state index in [1.807, 2.05) is 4.90 Å². The molecule has 0 N–H and O–H groups in total. The van der Waals surface area contributed by atoms with E-state index < -0.39 is 5.82 Å². The molecule has 2 aromatic rings. The summed E-state index contributed by atoms with van der Waals surface area (Å²) < 4.78 is 18.4. The van der Waals surface area contributed by atoms with E-state index in [-0.39, 0.29) is 24.7 Å². The summed E-state index contributed by atoms with van der Waals surface area (Å²) in [7, 11) is 1.56. The van der Waals surface area contributed by atoms with Gasteiger partial charge < -0.3 is 14.5 Å². The highest BCUT2D eigenvalue weighted by atomic mass is 19.1. The number of benzene rings is 2. The molecule has 0 spiro atoms. The fourth-order valence-corrected chi connectivity index (χ4v) is 2.73. The largest absolute Gasteiger partial charge is 0.497 e. The number of carbonyl (C=O) groups is 2. The first-order chi connectivity index (χ1) is 12.5. The van der Waals surface area contributed by atoms with Gasteiger partial charge in [-0.25, -0.2) is 4.39 Å². The maximum atomic E-state index is 13.2. The van der Waals surface area contributed by atoms with Crippen LogP contribution in [0, 0.1) is 5.82 Å². The van der Waals surface area contributed by atoms with Crippen LogP contribution in [0.25, 0.3) is 0 Å². The maximum absolute atomic E-state index is 13.2. The molecule has 0 bridgehead atoms. The predicted molar refractivity (Wildman–Crippen MR) is 95.5 cm³/mol. The van der Waals surface area contributed by atoms with Gasteiger partial charge >= 0.3 is 0 Å². The first-order valence-corrected chi connectivity index (χ1v) is 8.17. The van der Waals surface area contributed by atoms with E-state index >= 15 is 0 Å². The van der Waals surface area contributed by atoms with Crippen molar-refractivity contribution >= 4 is 11.6 Å². The second-order valence-corrected chi connectivity index (χ2v) is 6.02. The fourth-order valence-electron chi connectivity index (χ4n) is 2.73. The Bertz CT molecular complexity index is 850. The average Bonchev–Trinajstić information content (AvgIpc) is 3.08. The first kappa shape index (κ1) is 17.7. The zero-order valence-electron chi connectivity index (χ0n) is 14.4. The van der Waals surface area contributed by atoms with Gasteiger partial charge in [-0.3, -0.25) is 9.59 Å². The van der Waals surface area contributed by atoms with Crippen molar-refractivity contribution in [2.75, 3.05) is 26.9 Å². The number of nitrogens with zero attached hydrogens (tertiary/aromatic N) is 2. The van der Waals surface area contributed by atoms with Crippen LogP contribution < -0.4 is 4.74 Å². The van der Waals surface area contributed by atoms with Crippen molar-refractivity contribution in [3.63, 3.8) is 0 Å². The molecule has 1 aliphatic heterocycles. The molecule has 1 heterocycles. The van der Waals surface area contributed by atoms with Crippen molar-refractivity contribution in [1.29, 1.82) is 0 Å². The Hall–Kier alpha value is -3.15. The third-order valence-electron chi connectivity index (χ3n) is 4.08. The number of hydrogen-bond donors (Lipinski definition) is 0. The lowest BCUT2D eigenvalue weighted by atomic mass is 10.1. The van der Waals surface area contributed by atoms with Crippen molar-refractivity contribution in [1.82, 2.24) is 9.80 Å². The van der Waals surface area contributed by atoms with Gasteiger partial charge in [0, 0.05) is 23.5 Å². The first-order valence-electron chi connectivity index (χ1n) is 8.17. The van der Waals surface area contributed by atoms with Crippen LogP contribution in [0.5, 0.6) is 5.75 Å². The van der Waals surface area contributed by atoms with Crippen LogP contribution in [-0.2, 0) is 0 Å². The summed E-state index contributed by atoms with van der Waals surface area (Å²) in [4.78, 5) is 28.2. The molecule has 0 saturated heterocycles. The van der Waals surface area contributed by atoms with Gasteiger partial charge in [-0.2, -0.15) is 0 Å². The van der Waals surface area contributed by atoms with Crippen LogP contribution >= 0.6 is 0 Å². The van der Waals surface area contributed by atoms with Crippen molar-refractivity contribution in [3.8, 4) is 5.75 Å². The van der Waals surface area contributed by atoms with Crippen molar-refractivity contribution in [2.45, 2.75) is 0 Å². The van der Waals surface area contributed by atoms with E-state index in [0.29, 0.717) is 23.5 Å². The Morgan fingerprint density at radius 2 is 1.54 bits per heavy atom. The lowest BCUT2D eigenvalue weighted by Crippen LogP contribution is -2.32. The topological polar surface area (TPSA) is 49.9 Å². The van der Waals surface area contributed by atoms with E-state index in [1.54, 1.807) is 54.7 Å². The molecule has 0 aromatic heterocycles. The summed E-state index contributed by atoms with van der Waals surface area (Å²) in [6, 6.07) is 12.6. The van der Waals surface area contributed by atoms with Gasteiger partial charge in [-0.1, -0.05) is 24.3 Å². The van der Waals surface area contributed by atoms with E-state index in [9.17, 15) is 14.0 Å². The van der Waals surface area contributed by atoms with Crippen LogP contribution in [-0.4, -0.2) is 48.2 Å². The Kier molecular flexibility index (Phi) is 5.31. The number of hydrogen-bond acceptors (Lipinski definition) is 5. The SMILES string of the molecule is COc1cccc(C(=O)CN2C=CN(CC(=O)c3cccc(F)c3)C2)c1. The molecule has 0 fully saturated rings. The van der Waals surface area contributed by atoms with Gasteiger partial charge in [-0.15, -0.1) is 0 Å². The molecule has 0 radical (unpaired) electrons. The molecular weight excluding hydrogens is 335 g/mol. The lowest BCUT2D eigenvalue weighted by Gasteiger charge is -2.20. The smallest absolute Gasteiger partial charge is 0.182 e. The summed E-state index contributed by atoms with van der Waals surface area (Å²) >= 11 is 0. The molecule has 3 rings (SSSR count). The zero-order valence-corrected chi connectivity index (χ0v) is 14.4. The minimum Gasteiger partial charge on any atom is -0.497 e. The number of carbonyl (C=O) groups excluding carboxylic acids is 2. The average molecular weight is 354 g/mol. The minimum absolute atomic E-state index is 0.0353. The van der Waals surface area contributed by atoms with Crippen molar-refractivity contribution in [2.24, 2.45) is 0 Å². The molecule has 6 heteroatoms. The molecule has 0 saturated carbocycles. The quantitative estimate of drug-likeness (QED) is 0.716. The van der Waals surface area contributed by atoms with E-state index in [2.05, 4.69) is 0 Å². The van der Waals surface area contributed by atoms with Gasteiger partial charge in [0.15, 0.2) is 11.6 Å². The monoisotopic (exact) mass is 354 g/mol. The second kappa shape index (κ2) is 7.82. The fraction of sp³-hybridized carbons (Fsp3) is 0.200. The number of ketones is 2. The third kappa shape index (κ3) is 4.27. The number of ether oxygens (including phenoxy) is 1. The van der Waals surface area contributed by atoms with Crippen LogP contribution in [0.4, 0.5) is 4.39 Å². The van der Waals surface area contributed by atoms with E-state index in [4.69, 9.17) is 4.74 Å². The molecule has 1 aliphatic rings. The normalized spacial score (nSPS) is 13.2.